The van der Waals surface area contributed by atoms with E-state index in [0.29, 0.717) is 41.1 Å². The van der Waals surface area contributed by atoms with E-state index in [2.05, 4.69) is 17.4 Å². The van der Waals surface area contributed by atoms with Gasteiger partial charge in [-0.15, -0.1) is 0 Å². The van der Waals surface area contributed by atoms with Crippen molar-refractivity contribution in [2.45, 2.75) is 27.3 Å². The number of aryl methyl sites for hydroxylation is 1. The predicted molar refractivity (Wildman–Crippen MR) is 131 cm³/mol. The smallest absolute Gasteiger partial charge is 0.350 e. The predicted octanol–water partition coefficient (Wildman–Crippen LogP) is 5.57. The number of ether oxygens (including phenoxy) is 3. The number of aromatic nitrogens is 2. The summed E-state index contributed by atoms with van der Waals surface area (Å²) in [5.41, 5.74) is 3.60. The Hall–Kier alpha value is -3.52. The maximum Gasteiger partial charge on any atom is 0.350 e. The average Bonchev–Trinajstić information content (AvgIpc) is 3.35. The zero-order chi connectivity index (χ0) is 23.4. The van der Waals surface area contributed by atoms with Crippen molar-refractivity contribution in [2.75, 3.05) is 25.6 Å². The fourth-order valence-electron chi connectivity index (χ4n) is 3.67. The standard InChI is InChI=1S/C25H27N3O4S/c1-5-31-19-13-12-18(14-20(19)30-4)21-23(26-15-17-10-8-7-9-11-17)28-16(3)22(24(29)32-6-2)33-25(28)27-21/h7-14,26H,5-6,15H2,1-4H3. The van der Waals surface area contributed by atoms with Crippen molar-refractivity contribution in [1.29, 1.82) is 0 Å². The number of fused-ring (bicyclic) bond motifs is 1. The minimum Gasteiger partial charge on any atom is -0.493 e. The summed E-state index contributed by atoms with van der Waals surface area (Å²) in [5.74, 6) is 1.81. The van der Waals surface area contributed by atoms with Crippen LogP contribution in [0.3, 0.4) is 0 Å². The summed E-state index contributed by atoms with van der Waals surface area (Å²) >= 11 is 1.33. The Bertz CT molecular complexity index is 1260. The van der Waals surface area contributed by atoms with Crippen LogP contribution in [-0.4, -0.2) is 35.7 Å². The van der Waals surface area contributed by atoms with Crippen molar-refractivity contribution >= 4 is 28.1 Å². The summed E-state index contributed by atoms with van der Waals surface area (Å²) in [7, 11) is 1.62. The summed E-state index contributed by atoms with van der Waals surface area (Å²) in [5, 5.41) is 3.54. The van der Waals surface area contributed by atoms with E-state index in [9.17, 15) is 4.79 Å². The number of carbonyl (C=O) groups excluding carboxylic acids is 1. The Morgan fingerprint density at radius 3 is 2.58 bits per heavy atom. The lowest BCUT2D eigenvalue weighted by Gasteiger charge is -2.13. The Kier molecular flexibility index (Phi) is 6.84. The topological polar surface area (TPSA) is 74.1 Å². The fourth-order valence-corrected chi connectivity index (χ4v) is 4.69. The molecule has 172 valence electrons. The Balaban J connectivity index is 1.82. The van der Waals surface area contributed by atoms with E-state index in [0.717, 1.165) is 28.3 Å². The summed E-state index contributed by atoms with van der Waals surface area (Å²) in [6.45, 7) is 7.14. The van der Waals surface area contributed by atoms with E-state index in [4.69, 9.17) is 19.2 Å². The first-order valence-corrected chi connectivity index (χ1v) is 11.7. The molecule has 0 atom stereocenters. The first kappa shape index (κ1) is 22.7. The largest absolute Gasteiger partial charge is 0.493 e. The van der Waals surface area contributed by atoms with E-state index in [1.54, 1.807) is 14.0 Å². The van der Waals surface area contributed by atoms with Gasteiger partial charge in [0.15, 0.2) is 16.5 Å². The molecule has 33 heavy (non-hydrogen) atoms. The molecule has 4 aromatic rings. The molecule has 2 heterocycles. The van der Waals surface area contributed by atoms with E-state index in [-0.39, 0.29) is 5.97 Å². The third-order valence-corrected chi connectivity index (χ3v) is 6.33. The fraction of sp³-hybridized carbons (Fsp3) is 0.280. The molecule has 0 spiro atoms. The van der Waals surface area contributed by atoms with Crippen LogP contribution in [0.4, 0.5) is 5.82 Å². The zero-order valence-corrected chi connectivity index (χ0v) is 20.0. The number of thiazole rings is 1. The van der Waals surface area contributed by atoms with Gasteiger partial charge in [-0.25, -0.2) is 9.78 Å². The second-order valence-electron chi connectivity index (χ2n) is 7.30. The number of hydrogen-bond acceptors (Lipinski definition) is 7. The van der Waals surface area contributed by atoms with E-state index in [1.165, 1.54) is 11.3 Å². The SMILES string of the molecule is CCOC(=O)c1sc2nc(-c3ccc(OCC)c(OC)c3)c(NCc3ccccc3)n2c1C. The van der Waals surface area contributed by atoms with E-state index >= 15 is 0 Å². The molecule has 0 saturated carbocycles. The number of hydrogen-bond donors (Lipinski definition) is 1. The molecule has 0 fully saturated rings. The number of rotatable bonds is 9. The highest BCUT2D eigenvalue weighted by molar-refractivity contribution is 7.19. The molecule has 0 bridgehead atoms. The maximum absolute atomic E-state index is 12.5. The third-order valence-electron chi connectivity index (χ3n) is 5.20. The lowest BCUT2D eigenvalue weighted by Crippen LogP contribution is -2.07. The van der Waals surface area contributed by atoms with Crippen LogP contribution in [0.15, 0.2) is 48.5 Å². The third kappa shape index (κ3) is 4.52. The van der Waals surface area contributed by atoms with E-state index < -0.39 is 0 Å². The molecule has 8 heteroatoms. The molecule has 0 unspecified atom stereocenters. The zero-order valence-electron chi connectivity index (χ0n) is 19.2. The summed E-state index contributed by atoms with van der Waals surface area (Å²) in [6, 6.07) is 15.9. The van der Waals surface area contributed by atoms with Crippen molar-refractivity contribution in [3.63, 3.8) is 0 Å². The number of carbonyl (C=O) groups is 1. The van der Waals surface area contributed by atoms with Gasteiger partial charge < -0.3 is 19.5 Å². The number of nitrogens with one attached hydrogen (secondary N) is 1. The van der Waals surface area contributed by atoms with Gasteiger partial charge in [-0.1, -0.05) is 41.7 Å². The van der Waals surface area contributed by atoms with Gasteiger partial charge >= 0.3 is 5.97 Å². The van der Waals surface area contributed by atoms with Gasteiger partial charge in [-0.2, -0.15) is 0 Å². The molecular formula is C25H27N3O4S. The number of imidazole rings is 1. The molecule has 4 rings (SSSR count). The minimum atomic E-state index is -0.330. The van der Waals surface area contributed by atoms with Gasteiger partial charge in [0.1, 0.15) is 16.4 Å². The van der Waals surface area contributed by atoms with Crippen molar-refractivity contribution < 1.29 is 19.0 Å². The average molecular weight is 466 g/mol. The number of benzene rings is 2. The Morgan fingerprint density at radius 2 is 1.88 bits per heavy atom. The highest BCUT2D eigenvalue weighted by Crippen LogP contribution is 2.38. The second kappa shape index (κ2) is 9.95. The molecule has 2 aromatic carbocycles. The lowest BCUT2D eigenvalue weighted by atomic mass is 10.1. The quantitative estimate of drug-likeness (QED) is 0.326. The molecule has 0 amide bonds. The molecule has 1 N–H and O–H groups in total. The number of nitrogens with zero attached hydrogens (tertiary/aromatic N) is 2. The lowest BCUT2D eigenvalue weighted by molar-refractivity contribution is 0.0531. The van der Waals surface area contributed by atoms with E-state index in [1.807, 2.05) is 54.6 Å². The van der Waals surface area contributed by atoms with Gasteiger partial charge in [0.05, 0.1) is 20.3 Å². The van der Waals surface area contributed by atoms with Crippen LogP contribution in [0.2, 0.25) is 0 Å². The van der Waals surface area contributed by atoms with Gasteiger partial charge in [0.25, 0.3) is 0 Å². The molecule has 0 radical (unpaired) electrons. The second-order valence-corrected chi connectivity index (χ2v) is 8.28. The first-order chi connectivity index (χ1) is 16.1. The van der Waals surface area contributed by atoms with Crippen LogP contribution in [0, 0.1) is 6.92 Å². The maximum atomic E-state index is 12.5. The molecule has 7 nitrogen and oxygen atoms in total. The molecule has 0 aliphatic rings. The number of methoxy groups -OCH3 is 1. The molecule has 0 saturated heterocycles. The molecule has 0 aliphatic heterocycles. The van der Waals surface area contributed by atoms with Crippen LogP contribution in [0.5, 0.6) is 11.5 Å². The van der Waals surface area contributed by atoms with Crippen LogP contribution in [0.1, 0.15) is 34.8 Å². The first-order valence-electron chi connectivity index (χ1n) is 10.8. The monoisotopic (exact) mass is 465 g/mol. The van der Waals surface area contributed by atoms with Gasteiger partial charge in [0, 0.05) is 17.8 Å². The Morgan fingerprint density at radius 1 is 1.09 bits per heavy atom. The highest BCUT2D eigenvalue weighted by Gasteiger charge is 2.24. The van der Waals surface area contributed by atoms with Crippen molar-refractivity contribution in [2.24, 2.45) is 0 Å². The molecule has 2 aromatic heterocycles. The van der Waals surface area contributed by atoms with Crippen LogP contribution in [0.25, 0.3) is 16.2 Å². The van der Waals surface area contributed by atoms with Crippen LogP contribution in [-0.2, 0) is 11.3 Å². The van der Waals surface area contributed by atoms with Crippen molar-refractivity contribution in [3.8, 4) is 22.8 Å². The highest BCUT2D eigenvalue weighted by atomic mass is 32.1. The summed E-state index contributed by atoms with van der Waals surface area (Å²) in [6.07, 6.45) is 0. The normalized spacial score (nSPS) is 10.9. The Labute approximate surface area is 196 Å². The molecular weight excluding hydrogens is 438 g/mol. The summed E-state index contributed by atoms with van der Waals surface area (Å²) in [4.78, 5) is 18.6. The summed E-state index contributed by atoms with van der Waals surface area (Å²) < 4.78 is 18.4. The number of anilines is 1. The van der Waals surface area contributed by atoms with Crippen molar-refractivity contribution in [1.82, 2.24) is 9.38 Å². The van der Waals surface area contributed by atoms with Gasteiger partial charge in [-0.05, 0) is 44.5 Å². The molecule has 0 aliphatic carbocycles. The van der Waals surface area contributed by atoms with Crippen LogP contribution >= 0.6 is 11.3 Å². The number of esters is 1. The van der Waals surface area contributed by atoms with Gasteiger partial charge in [-0.3, -0.25) is 4.40 Å². The van der Waals surface area contributed by atoms with Gasteiger partial charge in [0.2, 0.25) is 0 Å². The van der Waals surface area contributed by atoms with Crippen LogP contribution < -0.4 is 14.8 Å². The minimum absolute atomic E-state index is 0.328. The van der Waals surface area contributed by atoms with Crippen molar-refractivity contribution in [3.05, 3.63) is 64.7 Å².